The lowest BCUT2D eigenvalue weighted by Gasteiger charge is -2.66. The molecule has 14 atom stereocenters. The predicted octanol–water partition coefficient (Wildman–Crippen LogP) is 3.36. The molecule has 0 bridgehead atoms. The number of epoxide rings is 1. The molecule has 5 N–H and O–H groups in total. The molecule has 9 rings (SSSR count). The van der Waals surface area contributed by atoms with E-state index in [1.165, 1.54) is 0 Å². The summed E-state index contributed by atoms with van der Waals surface area (Å²) < 4.78 is 32.0. The fraction of sp³-hybridized carbons (Fsp3) is 0.837. The lowest BCUT2D eigenvalue weighted by Crippen LogP contribution is -2.76. The smallest absolute Gasteiger partial charge is 0.339 e. The Bertz CT molecular complexity index is 1720. The van der Waals surface area contributed by atoms with Crippen molar-refractivity contribution in [2.24, 2.45) is 51.8 Å². The van der Waals surface area contributed by atoms with Crippen molar-refractivity contribution in [3.63, 3.8) is 0 Å². The molecule has 0 aromatic carbocycles. The number of cyclic esters (lactones) is 2. The van der Waals surface area contributed by atoms with Crippen LogP contribution in [-0.2, 0) is 39.8 Å². The molecule has 5 saturated heterocycles. The van der Waals surface area contributed by atoms with Crippen molar-refractivity contribution >= 4 is 17.7 Å². The highest BCUT2D eigenvalue weighted by Gasteiger charge is 2.91. The second kappa shape index (κ2) is 13.6. The summed E-state index contributed by atoms with van der Waals surface area (Å²) in [6.07, 6.45) is 3.64. The van der Waals surface area contributed by atoms with Crippen LogP contribution in [0.15, 0.2) is 16.7 Å². The van der Waals surface area contributed by atoms with Crippen LogP contribution in [0.4, 0.5) is 0 Å². The molecule has 8 aliphatic rings. The van der Waals surface area contributed by atoms with Gasteiger partial charge in [0.05, 0.1) is 43.0 Å². The molecule has 310 valence electrons. The number of ketones is 1. The Morgan fingerprint density at radius 1 is 1.02 bits per heavy atom. The van der Waals surface area contributed by atoms with Crippen molar-refractivity contribution in [3.05, 3.63) is 23.7 Å². The number of hydrogen-bond donors (Lipinski definition) is 5. The van der Waals surface area contributed by atoms with Gasteiger partial charge in [-0.25, -0.2) is 4.79 Å². The highest BCUT2D eigenvalue weighted by atomic mass is 16.7. The predicted molar refractivity (Wildman–Crippen MR) is 199 cm³/mol. The summed E-state index contributed by atoms with van der Waals surface area (Å²) in [4.78, 5) is 42.0. The average molecular weight is 783 g/mol. The van der Waals surface area contributed by atoms with E-state index in [9.17, 15) is 29.7 Å². The fourth-order valence-electron chi connectivity index (χ4n) is 14.2. The Morgan fingerprint density at radius 3 is 2.48 bits per heavy atom. The van der Waals surface area contributed by atoms with Gasteiger partial charge in [-0.2, -0.15) is 0 Å². The number of furan rings is 1. The Labute approximate surface area is 329 Å². The van der Waals surface area contributed by atoms with Crippen LogP contribution in [0.5, 0.6) is 0 Å². The molecule has 0 amide bonds. The number of Topliss-reactive ketones (excluding diaryl/α,β-unsaturated/α-hetero) is 1. The summed E-state index contributed by atoms with van der Waals surface area (Å²) in [6.45, 7) is 11.6. The molecule has 8 fully saturated rings. The standard InChI is InChI=1S/C43H62N2O11/c1-22(2)10-14-40(4)34-33(49)35(50)41(5)30(42(34)20-53-32(48)17-31(42)55-40)11-13-39(3)36(54-38(51)37-43(39,41)56-37)25-12-15-52-29(25)16-26(28(47)19-46)23-6-8-24(9-7-23)27-18-44-21-45-27/h12,15,22-24,26-28,30-31,34-37,44-47,50H,6-11,13-14,16-21H2,1-5H3. The van der Waals surface area contributed by atoms with E-state index in [0.717, 1.165) is 45.3 Å². The maximum atomic E-state index is 15.0. The van der Waals surface area contributed by atoms with Gasteiger partial charge >= 0.3 is 11.9 Å². The zero-order valence-electron chi connectivity index (χ0n) is 33.6. The number of fused-ring (bicyclic) bond motifs is 1. The van der Waals surface area contributed by atoms with Crippen molar-refractivity contribution in [2.45, 2.75) is 147 Å². The summed E-state index contributed by atoms with van der Waals surface area (Å²) in [6, 6.07) is 2.28. The SMILES string of the molecule is CC(C)CCC1(C)OC2CC(=O)OCC23C1C(=O)C(O)C1(C)C3CCC2(C)C(c3ccoc3CC(C(O)CO)C3CCC(C4CNCN4)CC3)OC(=O)C3OC321. The van der Waals surface area contributed by atoms with E-state index < -0.39 is 69.9 Å². The molecule has 6 heterocycles. The van der Waals surface area contributed by atoms with E-state index in [4.69, 9.17) is 23.4 Å². The van der Waals surface area contributed by atoms with Gasteiger partial charge in [0.2, 0.25) is 0 Å². The zero-order valence-corrected chi connectivity index (χ0v) is 33.6. The molecule has 3 saturated carbocycles. The van der Waals surface area contributed by atoms with E-state index in [2.05, 4.69) is 24.5 Å². The van der Waals surface area contributed by atoms with Crippen LogP contribution in [0.1, 0.15) is 110 Å². The number of esters is 2. The molecule has 3 aliphatic carbocycles. The maximum Gasteiger partial charge on any atom is 0.339 e. The van der Waals surface area contributed by atoms with Crippen LogP contribution in [0, 0.1) is 51.8 Å². The molecule has 5 aliphatic heterocycles. The van der Waals surface area contributed by atoms with E-state index >= 15 is 0 Å². The van der Waals surface area contributed by atoms with Gasteiger partial charge in [0.1, 0.15) is 30.2 Å². The Morgan fingerprint density at radius 2 is 1.79 bits per heavy atom. The van der Waals surface area contributed by atoms with Gasteiger partial charge in [-0.05, 0) is 93.9 Å². The summed E-state index contributed by atoms with van der Waals surface area (Å²) in [5.41, 5.74) is -4.50. The molecule has 1 aromatic rings. The first-order valence-electron chi connectivity index (χ1n) is 21.4. The van der Waals surface area contributed by atoms with E-state index in [0.29, 0.717) is 54.9 Å². The minimum absolute atomic E-state index is 0.0128. The summed E-state index contributed by atoms with van der Waals surface area (Å²) in [7, 11) is 0. The average Bonchev–Trinajstić information content (AvgIpc) is 3.43. The summed E-state index contributed by atoms with van der Waals surface area (Å²) >= 11 is 0. The first-order valence-corrected chi connectivity index (χ1v) is 21.4. The molecule has 56 heavy (non-hydrogen) atoms. The van der Waals surface area contributed by atoms with E-state index in [1.54, 1.807) is 6.26 Å². The number of hydrogen-bond acceptors (Lipinski definition) is 13. The van der Waals surface area contributed by atoms with E-state index in [1.807, 2.05) is 26.8 Å². The second-order valence-corrected chi connectivity index (χ2v) is 19.9. The van der Waals surface area contributed by atoms with Crippen molar-refractivity contribution in [1.82, 2.24) is 10.6 Å². The minimum atomic E-state index is -1.46. The first-order chi connectivity index (χ1) is 26.7. The maximum absolute atomic E-state index is 15.0. The Balaban J connectivity index is 1.05. The minimum Gasteiger partial charge on any atom is -0.469 e. The van der Waals surface area contributed by atoms with Crippen LogP contribution in [0.3, 0.4) is 0 Å². The number of ether oxygens (including phenoxy) is 4. The van der Waals surface area contributed by atoms with Gasteiger partial charge in [-0.1, -0.05) is 27.7 Å². The van der Waals surface area contributed by atoms with Crippen molar-refractivity contribution in [3.8, 4) is 0 Å². The van der Waals surface area contributed by atoms with Crippen molar-refractivity contribution in [2.75, 3.05) is 26.4 Å². The highest BCUT2D eigenvalue weighted by Crippen LogP contribution is 2.80. The number of carbonyl (C=O) groups excluding carboxylic acids is 3. The molecular weight excluding hydrogens is 720 g/mol. The topological polar surface area (TPSA) is 189 Å². The van der Waals surface area contributed by atoms with Crippen LogP contribution < -0.4 is 10.6 Å². The fourth-order valence-corrected chi connectivity index (χ4v) is 14.2. The second-order valence-electron chi connectivity index (χ2n) is 19.9. The Hall–Kier alpha value is -2.39. The van der Waals surface area contributed by atoms with Crippen molar-refractivity contribution in [1.29, 1.82) is 0 Å². The number of aliphatic hydroxyl groups excluding tert-OH is 3. The molecule has 2 spiro atoms. The van der Waals surface area contributed by atoms with Gasteiger partial charge in [0, 0.05) is 47.5 Å². The van der Waals surface area contributed by atoms with Crippen molar-refractivity contribution < 1.29 is 53.1 Å². The number of carbonyl (C=O) groups is 3. The van der Waals surface area contributed by atoms with Crippen LogP contribution in [0.25, 0.3) is 0 Å². The Kier molecular flexibility index (Phi) is 9.47. The largest absolute Gasteiger partial charge is 0.469 e. The van der Waals surface area contributed by atoms with Crippen LogP contribution in [0.2, 0.25) is 0 Å². The van der Waals surface area contributed by atoms with E-state index in [-0.39, 0.29) is 49.1 Å². The summed E-state index contributed by atoms with van der Waals surface area (Å²) in [5, 5.41) is 41.0. The molecular formula is C43H62N2O11. The quantitative estimate of drug-likeness (QED) is 0.172. The number of nitrogens with one attached hydrogen (secondary N) is 2. The molecule has 1 aromatic heterocycles. The third kappa shape index (κ3) is 5.25. The van der Waals surface area contributed by atoms with Crippen LogP contribution in [-0.4, -0.2) is 101 Å². The van der Waals surface area contributed by atoms with Gasteiger partial charge in [0.25, 0.3) is 0 Å². The van der Waals surface area contributed by atoms with Gasteiger partial charge in [0.15, 0.2) is 11.9 Å². The monoisotopic (exact) mass is 782 g/mol. The van der Waals surface area contributed by atoms with Gasteiger partial charge in [-0.3, -0.25) is 9.59 Å². The number of aliphatic hydroxyl groups is 3. The normalized spacial score (nSPS) is 47.9. The third-order valence-corrected chi connectivity index (χ3v) is 17.0. The number of rotatable bonds is 10. The molecule has 13 heteroatoms. The van der Waals surface area contributed by atoms with Gasteiger partial charge in [-0.15, -0.1) is 0 Å². The van der Waals surface area contributed by atoms with Gasteiger partial charge < -0.3 is 49.3 Å². The summed E-state index contributed by atoms with van der Waals surface area (Å²) in [5.74, 6) is -0.877. The lowest BCUT2D eigenvalue weighted by molar-refractivity contribution is -0.252. The third-order valence-electron chi connectivity index (χ3n) is 17.0. The lowest BCUT2D eigenvalue weighted by atomic mass is 9.36. The highest BCUT2D eigenvalue weighted by molar-refractivity contribution is 5.92. The van der Waals surface area contributed by atoms with Crippen LogP contribution >= 0.6 is 0 Å². The first kappa shape index (κ1) is 39.1. The molecule has 0 radical (unpaired) electrons. The molecule has 13 nitrogen and oxygen atoms in total. The molecule has 14 unspecified atom stereocenters. The zero-order chi connectivity index (χ0) is 39.6.